The fourth-order valence-corrected chi connectivity index (χ4v) is 8.07. The number of carbonyl (C=O) groups excluding carboxylic acids is 3. The number of nitrogens with one attached hydrogen (secondary N) is 2. The monoisotopic (exact) mass is 814 g/mol. The van der Waals surface area contributed by atoms with E-state index in [0.29, 0.717) is 35.2 Å². The minimum Gasteiger partial charge on any atom is -0.444 e. The maximum absolute atomic E-state index is 13.5. The average molecular weight is 815 g/mol. The number of nitrogens with two attached hydrogens (primary N) is 2. The number of benzene rings is 4. The van der Waals surface area contributed by atoms with Gasteiger partial charge in [-0.25, -0.2) is 13.6 Å². The van der Waals surface area contributed by atoms with Crippen molar-refractivity contribution in [2.45, 2.75) is 50.3 Å². The zero-order chi connectivity index (χ0) is 42.7. The highest BCUT2D eigenvalue weighted by Crippen LogP contribution is 2.35. The SMILES string of the molecule is CC(C)(C)OC(=O)N1CC(Nc2ccnc3c(C(N)=O)cccc23)C(c2ccc(F)cc2)C1.CN1CC(Nc2ccnc3c(C(N)=O)cccc23)C(c2ccc(F)cc2)C1. The minimum atomic E-state index is -0.611. The molecular weight excluding hydrogens is 767 g/mol. The first kappa shape index (κ1) is 41.5. The first-order valence-electron chi connectivity index (χ1n) is 19.7. The number of likely N-dealkylation sites (tertiary alicyclic amines) is 2. The summed E-state index contributed by atoms with van der Waals surface area (Å²) in [6, 6.07) is 27.4. The summed E-state index contributed by atoms with van der Waals surface area (Å²) in [6.07, 6.45) is 2.90. The second kappa shape index (κ2) is 17.3. The van der Waals surface area contributed by atoms with Crippen molar-refractivity contribution in [3.8, 4) is 0 Å². The zero-order valence-corrected chi connectivity index (χ0v) is 33.9. The lowest BCUT2D eigenvalue weighted by Gasteiger charge is -2.24. The molecule has 2 fully saturated rings. The zero-order valence-electron chi connectivity index (χ0n) is 33.9. The van der Waals surface area contributed by atoms with Gasteiger partial charge < -0.3 is 36.6 Å². The lowest BCUT2D eigenvalue weighted by atomic mass is 9.94. The number of rotatable bonds is 8. The number of likely N-dealkylation sites (N-methyl/N-ethyl adjacent to an activating group) is 1. The van der Waals surface area contributed by atoms with Crippen LogP contribution in [0, 0.1) is 11.6 Å². The van der Waals surface area contributed by atoms with Gasteiger partial charge in [-0.3, -0.25) is 19.6 Å². The summed E-state index contributed by atoms with van der Waals surface area (Å²) in [5, 5.41) is 8.76. The van der Waals surface area contributed by atoms with Gasteiger partial charge in [0, 0.05) is 78.6 Å². The third-order valence-electron chi connectivity index (χ3n) is 10.8. The number of carbonyl (C=O) groups is 3. The number of primary amides is 2. The van der Waals surface area contributed by atoms with Gasteiger partial charge in [0.1, 0.15) is 17.2 Å². The molecule has 4 heterocycles. The van der Waals surface area contributed by atoms with Crippen LogP contribution in [0.4, 0.5) is 25.0 Å². The Hall–Kier alpha value is -6.67. The number of hydrogen-bond acceptors (Lipinski definition) is 9. The van der Waals surface area contributed by atoms with E-state index in [1.165, 1.54) is 24.3 Å². The van der Waals surface area contributed by atoms with E-state index in [1.54, 1.807) is 47.6 Å². The highest BCUT2D eigenvalue weighted by molar-refractivity contribution is 6.08. The Morgan fingerprint density at radius 3 is 1.55 bits per heavy atom. The summed E-state index contributed by atoms with van der Waals surface area (Å²) < 4.78 is 32.4. The van der Waals surface area contributed by atoms with E-state index in [2.05, 4.69) is 32.5 Å². The largest absolute Gasteiger partial charge is 0.444 e. The Balaban J connectivity index is 0.000000185. The van der Waals surface area contributed by atoms with Gasteiger partial charge in [0.15, 0.2) is 0 Å². The van der Waals surface area contributed by atoms with Crippen LogP contribution in [0.15, 0.2) is 109 Å². The maximum atomic E-state index is 13.5. The minimum absolute atomic E-state index is 0.0966. The van der Waals surface area contributed by atoms with Crippen LogP contribution in [0.1, 0.15) is 64.4 Å². The molecule has 8 rings (SSSR count). The number of para-hydroxylation sites is 2. The lowest BCUT2D eigenvalue weighted by molar-refractivity contribution is 0.0291. The van der Waals surface area contributed by atoms with Crippen LogP contribution >= 0.6 is 0 Å². The van der Waals surface area contributed by atoms with Gasteiger partial charge >= 0.3 is 6.09 Å². The fraction of sp³-hybridized carbons (Fsp3) is 0.283. The highest BCUT2D eigenvalue weighted by atomic mass is 19.1. The molecule has 2 aliphatic rings. The summed E-state index contributed by atoms with van der Waals surface area (Å²) in [5.74, 6) is -1.45. The number of halogens is 2. The number of ether oxygens (including phenoxy) is 1. The normalized spacial score (nSPS) is 19.1. The molecule has 3 amide bonds. The Kier molecular flexibility index (Phi) is 11.9. The van der Waals surface area contributed by atoms with Gasteiger partial charge in [0.05, 0.1) is 28.2 Å². The van der Waals surface area contributed by atoms with Crippen molar-refractivity contribution in [3.63, 3.8) is 0 Å². The summed E-state index contributed by atoms with van der Waals surface area (Å²) in [6.45, 7) is 8.05. The number of hydrogen-bond donors (Lipinski definition) is 4. The summed E-state index contributed by atoms with van der Waals surface area (Å²) in [4.78, 5) is 48.9. The van der Waals surface area contributed by atoms with Gasteiger partial charge in [-0.05, 0) is 87.5 Å². The van der Waals surface area contributed by atoms with Gasteiger partial charge in [-0.2, -0.15) is 0 Å². The van der Waals surface area contributed by atoms with Crippen molar-refractivity contribution in [2.75, 3.05) is 43.9 Å². The first-order valence-corrected chi connectivity index (χ1v) is 19.7. The number of pyridine rings is 2. The summed E-state index contributed by atoms with van der Waals surface area (Å²) in [5.41, 5.74) is 16.0. The Bertz CT molecular complexity index is 2530. The molecule has 4 aromatic carbocycles. The standard InChI is InChI=1S/C25H27FN4O3.C21H21FN4O/c1-25(2,3)33-24(32)30-13-19(15-7-9-16(26)10-8-15)21(14-30)29-20-11-12-28-22-17(20)5-4-6-18(22)23(27)31;1-26-11-17(13-5-7-14(22)8-6-13)19(12-26)25-18-9-10-24-20-15(18)3-2-4-16(20)21(23)27/h4-12,19,21H,13-14H2,1-3H3,(H2,27,31)(H,28,29);2-10,17,19H,11-12H2,1H3,(H2,23,27)(H,24,25). The van der Waals surface area contributed by atoms with E-state index < -0.39 is 23.5 Å². The van der Waals surface area contributed by atoms with Crippen molar-refractivity contribution < 1.29 is 27.9 Å². The molecule has 2 saturated heterocycles. The Labute approximate surface area is 346 Å². The molecule has 12 nitrogen and oxygen atoms in total. The van der Waals surface area contributed by atoms with Crippen molar-refractivity contribution >= 4 is 51.1 Å². The van der Waals surface area contributed by atoms with E-state index in [-0.39, 0.29) is 35.6 Å². The maximum Gasteiger partial charge on any atom is 0.410 e. The number of fused-ring (bicyclic) bond motifs is 2. The van der Waals surface area contributed by atoms with Crippen LogP contribution < -0.4 is 22.1 Å². The molecule has 2 aromatic heterocycles. The van der Waals surface area contributed by atoms with Crippen molar-refractivity contribution in [2.24, 2.45) is 11.5 Å². The average Bonchev–Trinajstić information content (AvgIpc) is 3.80. The second-order valence-corrected chi connectivity index (χ2v) is 16.3. The van der Waals surface area contributed by atoms with Crippen LogP contribution in [-0.4, -0.2) is 88.6 Å². The van der Waals surface area contributed by atoms with E-state index in [0.717, 1.165) is 46.4 Å². The molecule has 0 spiro atoms. The molecule has 6 aromatic rings. The first-order chi connectivity index (χ1) is 28.6. The number of aromatic nitrogens is 2. The quantitative estimate of drug-likeness (QED) is 0.124. The molecule has 0 aliphatic carbocycles. The molecule has 14 heteroatoms. The van der Waals surface area contributed by atoms with Gasteiger partial charge in [-0.1, -0.05) is 48.5 Å². The van der Waals surface area contributed by atoms with E-state index >= 15 is 0 Å². The Morgan fingerprint density at radius 2 is 1.10 bits per heavy atom. The smallest absolute Gasteiger partial charge is 0.410 e. The number of anilines is 2. The van der Waals surface area contributed by atoms with Gasteiger partial charge in [0.2, 0.25) is 0 Å². The van der Waals surface area contributed by atoms with Crippen LogP contribution in [-0.2, 0) is 4.74 Å². The van der Waals surface area contributed by atoms with Crippen molar-refractivity contribution in [1.29, 1.82) is 0 Å². The molecule has 0 radical (unpaired) electrons. The van der Waals surface area contributed by atoms with E-state index in [9.17, 15) is 23.2 Å². The predicted molar refractivity (Wildman–Crippen MR) is 229 cm³/mol. The third-order valence-corrected chi connectivity index (χ3v) is 10.8. The molecule has 0 bridgehead atoms. The van der Waals surface area contributed by atoms with Crippen molar-refractivity contribution in [3.05, 3.63) is 143 Å². The lowest BCUT2D eigenvalue weighted by Crippen LogP contribution is -2.36. The molecule has 4 unspecified atom stereocenters. The third kappa shape index (κ3) is 9.29. The topological polar surface area (TPSA) is 169 Å². The second-order valence-electron chi connectivity index (χ2n) is 16.3. The number of nitrogens with zero attached hydrogens (tertiary/aromatic N) is 4. The van der Waals surface area contributed by atoms with Crippen molar-refractivity contribution in [1.82, 2.24) is 19.8 Å². The van der Waals surface area contributed by atoms with E-state index in [4.69, 9.17) is 16.2 Å². The molecular formula is C46H48F2N8O4. The fourth-order valence-electron chi connectivity index (χ4n) is 8.07. The molecule has 6 N–H and O–H groups in total. The van der Waals surface area contributed by atoms with Crippen LogP contribution in [0.5, 0.6) is 0 Å². The summed E-state index contributed by atoms with van der Waals surface area (Å²) in [7, 11) is 2.08. The predicted octanol–water partition coefficient (Wildman–Crippen LogP) is 7.27. The highest BCUT2D eigenvalue weighted by Gasteiger charge is 2.38. The summed E-state index contributed by atoms with van der Waals surface area (Å²) >= 11 is 0. The number of amides is 3. The van der Waals surface area contributed by atoms with Crippen LogP contribution in [0.3, 0.4) is 0 Å². The van der Waals surface area contributed by atoms with Gasteiger partial charge in [0.25, 0.3) is 11.8 Å². The van der Waals surface area contributed by atoms with E-state index in [1.807, 2.05) is 63.2 Å². The molecule has 2 aliphatic heterocycles. The molecule has 4 atom stereocenters. The molecule has 0 saturated carbocycles. The molecule has 60 heavy (non-hydrogen) atoms. The van der Waals surface area contributed by atoms with Crippen LogP contribution in [0.2, 0.25) is 0 Å². The molecule has 310 valence electrons. The van der Waals surface area contributed by atoms with Gasteiger partial charge in [-0.15, -0.1) is 0 Å². The van der Waals surface area contributed by atoms with Crippen LogP contribution in [0.25, 0.3) is 21.8 Å². The Morgan fingerprint density at radius 1 is 0.650 bits per heavy atom.